The molecule has 2 aliphatic heterocycles. The molecule has 0 atom stereocenters. The summed E-state index contributed by atoms with van der Waals surface area (Å²) in [6.45, 7) is 3.63. The predicted molar refractivity (Wildman–Crippen MR) is 117 cm³/mol. The molecular weight excluding hydrogens is 452 g/mol. The highest BCUT2D eigenvalue weighted by Gasteiger charge is 2.35. The fraction of sp³-hybridized carbons (Fsp3) is 0.409. The minimum atomic E-state index is -4.71. The first kappa shape index (κ1) is 22.4. The molecule has 0 amide bonds. The maximum Gasteiger partial charge on any atom is 0.433 e. The van der Waals surface area contributed by atoms with Crippen LogP contribution >= 0.6 is 0 Å². The summed E-state index contributed by atoms with van der Waals surface area (Å²) in [7, 11) is 6.50. The molecule has 3 aromatic rings. The first-order chi connectivity index (χ1) is 16.1. The highest BCUT2D eigenvalue weighted by molar-refractivity contribution is 6.14. The Hall–Kier alpha value is -3.44. The number of hydrogen-bond acceptors (Lipinski definition) is 7. The monoisotopic (exact) mass is 472 g/mol. The normalized spacial score (nSPS) is 17.6. The van der Waals surface area contributed by atoms with Gasteiger partial charge in [0.05, 0.1) is 5.50 Å². The van der Waals surface area contributed by atoms with Gasteiger partial charge in [-0.15, -0.1) is 5.10 Å². The average molecular weight is 472 g/mol. The first-order valence-corrected chi connectivity index (χ1v) is 10.7. The maximum atomic E-state index is 13.0. The van der Waals surface area contributed by atoms with Crippen LogP contribution in [0.1, 0.15) is 24.1 Å². The van der Waals surface area contributed by atoms with Crippen molar-refractivity contribution in [3.8, 4) is 17.2 Å². The van der Waals surface area contributed by atoms with Crippen molar-refractivity contribution in [3.05, 3.63) is 51.9 Å². The molecule has 176 valence electrons. The van der Waals surface area contributed by atoms with Crippen LogP contribution < -0.4 is 24.7 Å². The fourth-order valence-electron chi connectivity index (χ4n) is 4.10. The molecule has 1 aromatic carbocycles. The van der Waals surface area contributed by atoms with Crippen LogP contribution in [0.25, 0.3) is 5.65 Å². The zero-order valence-corrected chi connectivity index (χ0v) is 18.3. The third-order valence-electron chi connectivity index (χ3n) is 5.85. The molecule has 2 aliphatic rings. The zero-order chi connectivity index (χ0) is 24.1. The van der Waals surface area contributed by atoms with Crippen molar-refractivity contribution in [2.45, 2.75) is 31.4 Å². The van der Waals surface area contributed by atoms with E-state index in [-0.39, 0.29) is 5.65 Å². The number of aryl methyl sites for hydroxylation is 1. The molecule has 5 rings (SSSR count). The van der Waals surface area contributed by atoms with Crippen molar-refractivity contribution in [1.29, 1.82) is 0 Å². The van der Waals surface area contributed by atoms with Crippen LogP contribution in [0.15, 0.2) is 35.1 Å². The Balaban J connectivity index is 1.34. The van der Waals surface area contributed by atoms with Crippen molar-refractivity contribution >= 4 is 19.3 Å². The number of alkyl halides is 3. The van der Waals surface area contributed by atoms with Gasteiger partial charge in [0.15, 0.2) is 28.7 Å². The number of anilines is 1. The van der Waals surface area contributed by atoms with Crippen molar-refractivity contribution in [3.63, 3.8) is 0 Å². The topological polar surface area (TPSA) is 78.2 Å². The number of ether oxygens (including phenoxy) is 3. The van der Waals surface area contributed by atoms with E-state index in [0.29, 0.717) is 73.8 Å². The molecule has 0 saturated carbocycles. The second-order valence-electron chi connectivity index (χ2n) is 8.36. The quantitative estimate of drug-likeness (QED) is 0.543. The van der Waals surface area contributed by atoms with E-state index in [1.165, 1.54) is 6.07 Å². The van der Waals surface area contributed by atoms with Gasteiger partial charge in [-0.1, -0.05) is 0 Å². The summed E-state index contributed by atoms with van der Waals surface area (Å²) in [5.74, 6) is 2.31. The number of hydrogen-bond donors (Lipinski definition) is 0. The molecule has 12 heteroatoms. The Morgan fingerprint density at radius 3 is 2.50 bits per heavy atom. The number of halogens is 3. The van der Waals surface area contributed by atoms with Crippen molar-refractivity contribution < 1.29 is 27.4 Å². The number of aromatic nitrogens is 3. The molecule has 0 spiro atoms. The maximum absolute atomic E-state index is 13.0. The van der Waals surface area contributed by atoms with Gasteiger partial charge in [0, 0.05) is 25.2 Å². The number of fused-ring (bicyclic) bond motifs is 2. The van der Waals surface area contributed by atoms with Crippen LogP contribution in [0.4, 0.5) is 19.0 Å². The van der Waals surface area contributed by atoms with Crippen LogP contribution in [0, 0.1) is 6.92 Å². The standard InChI is InChI=1S/C22H20BF3N4O4/c1-13-10-18-27-17(22(24,25)26)12-19(31)30(18)28-20(13)29-6-4-21(23,5-7-29)34-14-2-3-15-16(11-14)33-9-8-32-15/h2-3,10-12H,4-9H2,1H3. The highest BCUT2D eigenvalue weighted by Crippen LogP contribution is 2.36. The van der Waals surface area contributed by atoms with Gasteiger partial charge < -0.3 is 19.1 Å². The van der Waals surface area contributed by atoms with Gasteiger partial charge in [0.2, 0.25) is 0 Å². The molecular formula is C22H20BF3N4O4. The summed E-state index contributed by atoms with van der Waals surface area (Å²) in [6.07, 6.45) is -3.80. The van der Waals surface area contributed by atoms with Gasteiger partial charge in [-0.3, -0.25) is 4.79 Å². The molecule has 2 radical (unpaired) electrons. The molecule has 1 fully saturated rings. The molecule has 0 N–H and O–H groups in total. The zero-order valence-electron chi connectivity index (χ0n) is 18.3. The van der Waals surface area contributed by atoms with E-state index in [1.807, 2.05) is 4.90 Å². The van der Waals surface area contributed by atoms with Crippen LogP contribution in [-0.2, 0) is 6.18 Å². The van der Waals surface area contributed by atoms with E-state index in [9.17, 15) is 18.0 Å². The highest BCUT2D eigenvalue weighted by atomic mass is 19.4. The molecule has 1 saturated heterocycles. The minimum Gasteiger partial charge on any atom is -0.497 e. The second kappa shape index (κ2) is 8.10. The molecule has 34 heavy (non-hydrogen) atoms. The molecule has 2 aromatic heterocycles. The number of benzene rings is 1. The summed E-state index contributed by atoms with van der Waals surface area (Å²) in [6, 6.07) is 7.17. The van der Waals surface area contributed by atoms with E-state index in [1.54, 1.807) is 25.1 Å². The van der Waals surface area contributed by atoms with Gasteiger partial charge in [-0.25, -0.2) is 4.98 Å². The number of rotatable bonds is 3. The Kier molecular flexibility index (Phi) is 5.33. The van der Waals surface area contributed by atoms with Crippen LogP contribution in [0.3, 0.4) is 0 Å². The minimum absolute atomic E-state index is 0.159. The first-order valence-electron chi connectivity index (χ1n) is 10.7. The van der Waals surface area contributed by atoms with E-state index in [4.69, 9.17) is 22.1 Å². The van der Waals surface area contributed by atoms with Crippen molar-refractivity contribution in [2.24, 2.45) is 0 Å². The molecule has 4 heterocycles. The lowest BCUT2D eigenvalue weighted by Crippen LogP contribution is -2.49. The van der Waals surface area contributed by atoms with E-state index >= 15 is 0 Å². The third kappa shape index (κ3) is 4.24. The van der Waals surface area contributed by atoms with Crippen LogP contribution in [0.2, 0.25) is 0 Å². The van der Waals surface area contributed by atoms with E-state index in [2.05, 4.69) is 10.1 Å². The molecule has 0 aliphatic carbocycles. The number of piperidine rings is 1. The van der Waals surface area contributed by atoms with Crippen LogP contribution in [0.5, 0.6) is 17.2 Å². The van der Waals surface area contributed by atoms with Gasteiger partial charge in [0.1, 0.15) is 26.8 Å². The summed E-state index contributed by atoms with van der Waals surface area (Å²) in [4.78, 5) is 17.8. The molecule has 0 unspecified atom stereocenters. The summed E-state index contributed by atoms with van der Waals surface area (Å²) in [5, 5.41) is 4.29. The third-order valence-corrected chi connectivity index (χ3v) is 5.85. The Labute approximate surface area is 193 Å². The Morgan fingerprint density at radius 2 is 1.79 bits per heavy atom. The van der Waals surface area contributed by atoms with E-state index < -0.39 is 22.9 Å². The second-order valence-corrected chi connectivity index (χ2v) is 8.36. The van der Waals surface area contributed by atoms with Gasteiger partial charge in [-0.05, 0) is 43.5 Å². The van der Waals surface area contributed by atoms with Gasteiger partial charge >= 0.3 is 6.18 Å². The van der Waals surface area contributed by atoms with Gasteiger partial charge in [-0.2, -0.15) is 17.7 Å². The fourth-order valence-corrected chi connectivity index (χ4v) is 4.10. The summed E-state index contributed by atoms with van der Waals surface area (Å²) >= 11 is 0. The summed E-state index contributed by atoms with van der Waals surface area (Å²) < 4.78 is 57.1. The molecule has 0 bridgehead atoms. The van der Waals surface area contributed by atoms with Crippen LogP contribution in [-0.4, -0.2) is 54.2 Å². The van der Waals surface area contributed by atoms with Gasteiger partial charge in [0.25, 0.3) is 5.56 Å². The lowest BCUT2D eigenvalue weighted by molar-refractivity contribution is -0.141. The average Bonchev–Trinajstić information content (AvgIpc) is 2.78. The number of nitrogens with zero attached hydrogens (tertiary/aromatic N) is 4. The Morgan fingerprint density at radius 1 is 1.09 bits per heavy atom. The molecule has 8 nitrogen and oxygen atoms in total. The summed E-state index contributed by atoms with van der Waals surface area (Å²) in [5.41, 5.74) is -2.62. The largest absolute Gasteiger partial charge is 0.497 e. The smallest absolute Gasteiger partial charge is 0.433 e. The van der Waals surface area contributed by atoms with Crippen molar-refractivity contribution in [2.75, 3.05) is 31.2 Å². The lowest BCUT2D eigenvalue weighted by Gasteiger charge is -2.41. The SMILES string of the molecule is [B]C1(Oc2ccc3c(c2)OCCO3)CCN(c2nn3c(=O)cc(C(F)(F)F)nc3cc2C)CC1. The predicted octanol–water partition coefficient (Wildman–Crippen LogP) is 2.73. The van der Waals surface area contributed by atoms with E-state index in [0.717, 1.165) is 4.52 Å². The van der Waals surface area contributed by atoms with Crippen molar-refractivity contribution in [1.82, 2.24) is 14.6 Å². The lowest BCUT2D eigenvalue weighted by atomic mass is 9.73. The Bertz CT molecular complexity index is 1310.